The van der Waals surface area contributed by atoms with Crippen molar-refractivity contribution in [2.45, 2.75) is 13.8 Å². The minimum Gasteiger partial charge on any atom is -0.451 e. The number of benzene rings is 2. The minimum atomic E-state index is -0.107. The molecule has 0 unspecified atom stereocenters. The van der Waals surface area contributed by atoms with Gasteiger partial charge in [0.05, 0.1) is 0 Å². The van der Waals surface area contributed by atoms with Crippen LogP contribution in [-0.4, -0.2) is 42.8 Å². The smallest absolute Gasteiger partial charge is 0.289 e. The number of hydrogen-bond acceptors (Lipinski definition) is 4. The van der Waals surface area contributed by atoms with Crippen LogP contribution in [0.2, 0.25) is 5.02 Å². The average molecular weight is 423 g/mol. The number of nitrogens with zero attached hydrogens (tertiary/aromatic N) is 2. The van der Waals surface area contributed by atoms with Crippen LogP contribution in [0.4, 0.5) is 5.69 Å². The second-order valence-corrected chi connectivity index (χ2v) is 7.94. The quantitative estimate of drug-likeness (QED) is 0.550. The summed E-state index contributed by atoms with van der Waals surface area (Å²) in [6.45, 7) is 6.32. The Hall–Kier alpha value is -3.05. The zero-order valence-corrected chi connectivity index (χ0v) is 17.8. The molecule has 2 heterocycles. The molecule has 0 N–H and O–H groups in total. The maximum absolute atomic E-state index is 12.9. The molecule has 1 saturated heterocycles. The van der Waals surface area contributed by atoms with Gasteiger partial charge in [-0.2, -0.15) is 0 Å². The lowest BCUT2D eigenvalue weighted by Gasteiger charge is -2.36. The summed E-state index contributed by atoms with van der Waals surface area (Å²) in [6, 6.07) is 16.6. The maximum atomic E-state index is 12.9. The van der Waals surface area contributed by atoms with Crippen LogP contribution in [0.1, 0.15) is 33.4 Å². The second-order valence-electron chi connectivity index (χ2n) is 7.51. The molecule has 0 aliphatic carbocycles. The van der Waals surface area contributed by atoms with Gasteiger partial charge in [0.25, 0.3) is 5.91 Å². The normalized spacial score (nSPS) is 14.1. The molecule has 0 bridgehead atoms. The second kappa shape index (κ2) is 8.36. The zero-order valence-electron chi connectivity index (χ0n) is 17.0. The van der Waals surface area contributed by atoms with Gasteiger partial charge in [-0.25, -0.2) is 0 Å². The van der Waals surface area contributed by atoms with E-state index in [4.69, 9.17) is 16.0 Å². The summed E-state index contributed by atoms with van der Waals surface area (Å²) in [7, 11) is 0. The first kappa shape index (κ1) is 20.2. The Morgan fingerprint density at radius 1 is 0.933 bits per heavy atom. The number of hydrogen-bond donors (Lipinski definition) is 0. The molecule has 4 rings (SSSR count). The van der Waals surface area contributed by atoms with Crippen molar-refractivity contribution in [3.05, 3.63) is 76.5 Å². The summed E-state index contributed by atoms with van der Waals surface area (Å²) in [4.78, 5) is 28.4. The number of furan rings is 1. The molecule has 30 heavy (non-hydrogen) atoms. The van der Waals surface area contributed by atoms with Crippen LogP contribution in [0, 0.1) is 6.92 Å². The Morgan fingerprint density at radius 3 is 2.30 bits per heavy atom. The number of amides is 1. The van der Waals surface area contributed by atoms with Crippen molar-refractivity contribution in [1.82, 2.24) is 4.90 Å². The van der Waals surface area contributed by atoms with Crippen LogP contribution in [0.25, 0.3) is 11.3 Å². The lowest BCUT2D eigenvalue weighted by Crippen LogP contribution is -2.48. The highest BCUT2D eigenvalue weighted by Gasteiger charge is 2.25. The molecule has 0 atom stereocenters. The lowest BCUT2D eigenvalue weighted by molar-refractivity contribution is 0.0715. The molecular weight excluding hydrogens is 400 g/mol. The van der Waals surface area contributed by atoms with Crippen LogP contribution < -0.4 is 4.90 Å². The number of carbonyl (C=O) groups excluding carboxylic acids is 2. The molecule has 1 amide bonds. The van der Waals surface area contributed by atoms with Gasteiger partial charge in [-0.05, 0) is 43.7 Å². The minimum absolute atomic E-state index is 0.0176. The summed E-state index contributed by atoms with van der Waals surface area (Å²) in [5.41, 5.74) is 3.77. The van der Waals surface area contributed by atoms with E-state index in [1.54, 1.807) is 24.3 Å². The van der Waals surface area contributed by atoms with Gasteiger partial charge in [0.15, 0.2) is 11.5 Å². The average Bonchev–Trinajstić information content (AvgIpc) is 3.25. The molecule has 0 spiro atoms. The molecular formula is C24H23ClN2O3. The third kappa shape index (κ3) is 4.12. The molecule has 154 valence electrons. The summed E-state index contributed by atoms with van der Waals surface area (Å²) in [5.74, 6) is 0.850. The Labute approximate surface area is 180 Å². The van der Waals surface area contributed by atoms with Crippen molar-refractivity contribution in [1.29, 1.82) is 0 Å². The first-order valence-electron chi connectivity index (χ1n) is 9.94. The van der Waals surface area contributed by atoms with E-state index >= 15 is 0 Å². The van der Waals surface area contributed by atoms with Crippen LogP contribution >= 0.6 is 11.6 Å². The maximum Gasteiger partial charge on any atom is 0.289 e. The Bertz CT molecular complexity index is 1080. The van der Waals surface area contributed by atoms with Gasteiger partial charge in [0, 0.05) is 48.0 Å². The Balaban J connectivity index is 1.42. The number of piperazine rings is 1. The van der Waals surface area contributed by atoms with Gasteiger partial charge in [0.1, 0.15) is 5.76 Å². The molecule has 3 aromatic rings. The number of anilines is 1. The summed E-state index contributed by atoms with van der Waals surface area (Å²) in [5, 5.41) is 0.716. The molecule has 1 fully saturated rings. The predicted molar refractivity (Wildman–Crippen MR) is 118 cm³/mol. The fourth-order valence-corrected chi connectivity index (χ4v) is 3.87. The number of Topliss-reactive ketones (excluding diaryl/α,β-unsaturated/α-hetero) is 1. The highest BCUT2D eigenvalue weighted by molar-refractivity contribution is 6.30. The molecule has 6 heteroatoms. The van der Waals surface area contributed by atoms with Crippen molar-refractivity contribution in [2.24, 2.45) is 0 Å². The molecule has 5 nitrogen and oxygen atoms in total. The summed E-state index contributed by atoms with van der Waals surface area (Å²) in [6.07, 6.45) is 0. The first-order valence-corrected chi connectivity index (χ1v) is 10.3. The van der Waals surface area contributed by atoms with Crippen molar-refractivity contribution < 1.29 is 14.0 Å². The largest absolute Gasteiger partial charge is 0.451 e. The van der Waals surface area contributed by atoms with Gasteiger partial charge < -0.3 is 14.2 Å². The van der Waals surface area contributed by atoms with E-state index in [1.807, 2.05) is 35.2 Å². The van der Waals surface area contributed by atoms with Crippen molar-refractivity contribution >= 4 is 29.0 Å². The molecule has 2 aromatic carbocycles. The lowest BCUT2D eigenvalue weighted by atomic mass is 10.1. The molecule has 1 aliphatic rings. The number of halogens is 1. The van der Waals surface area contributed by atoms with Crippen molar-refractivity contribution in [3.8, 4) is 11.3 Å². The van der Waals surface area contributed by atoms with E-state index in [0.717, 1.165) is 24.3 Å². The molecule has 0 saturated carbocycles. The van der Waals surface area contributed by atoms with E-state index in [-0.39, 0.29) is 11.7 Å². The fraction of sp³-hybridized carbons (Fsp3) is 0.250. The molecule has 1 aliphatic heterocycles. The van der Waals surface area contributed by atoms with Crippen LogP contribution in [0.15, 0.2) is 59.0 Å². The monoisotopic (exact) mass is 422 g/mol. The highest BCUT2D eigenvalue weighted by Crippen LogP contribution is 2.27. The zero-order chi connectivity index (χ0) is 21.3. The SMILES string of the molecule is CC(=O)c1ccc(-c2ccc(C(=O)N3CCN(c4cc(Cl)ccc4C)CC3)o2)cc1. The van der Waals surface area contributed by atoms with Gasteiger partial charge in [-0.1, -0.05) is 41.9 Å². The van der Waals surface area contributed by atoms with E-state index in [1.165, 1.54) is 12.5 Å². The Kier molecular flexibility index (Phi) is 5.64. The van der Waals surface area contributed by atoms with Crippen LogP contribution in [0.5, 0.6) is 0 Å². The van der Waals surface area contributed by atoms with Gasteiger partial charge in [-0.15, -0.1) is 0 Å². The van der Waals surface area contributed by atoms with Crippen LogP contribution in [0.3, 0.4) is 0 Å². The standard InChI is InChI=1S/C24H23ClN2O3/c1-16-3-8-20(25)15-21(16)26-11-13-27(14-12-26)24(29)23-10-9-22(30-23)19-6-4-18(5-7-19)17(2)28/h3-10,15H,11-14H2,1-2H3. The summed E-state index contributed by atoms with van der Waals surface area (Å²) >= 11 is 6.15. The Morgan fingerprint density at radius 2 is 1.63 bits per heavy atom. The fourth-order valence-electron chi connectivity index (χ4n) is 3.71. The van der Waals surface area contributed by atoms with Crippen molar-refractivity contribution in [2.75, 3.05) is 31.1 Å². The molecule has 1 aromatic heterocycles. The number of carbonyl (C=O) groups is 2. The third-order valence-corrected chi connectivity index (χ3v) is 5.71. The van der Waals surface area contributed by atoms with Gasteiger partial charge in [0.2, 0.25) is 0 Å². The van der Waals surface area contributed by atoms with Gasteiger partial charge >= 0.3 is 0 Å². The number of ketones is 1. The number of aryl methyl sites for hydroxylation is 1. The van der Waals surface area contributed by atoms with Crippen LogP contribution in [-0.2, 0) is 0 Å². The van der Waals surface area contributed by atoms with E-state index in [9.17, 15) is 9.59 Å². The van der Waals surface area contributed by atoms with E-state index < -0.39 is 0 Å². The van der Waals surface area contributed by atoms with Crippen molar-refractivity contribution in [3.63, 3.8) is 0 Å². The van der Waals surface area contributed by atoms with E-state index in [2.05, 4.69) is 11.8 Å². The van der Waals surface area contributed by atoms with E-state index in [0.29, 0.717) is 35.2 Å². The number of rotatable bonds is 4. The summed E-state index contributed by atoms with van der Waals surface area (Å²) < 4.78 is 5.82. The highest BCUT2D eigenvalue weighted by atomic mass is 35.5. The first-order chi connectivity index (χ1) is 14.4. The third-order valence-electron chi connectivity index (χ3n) is 5.47. The predicted octanol–water partition coefficient (Wildman–Crippen LogP) is 5.07. The topological polar surface area (TPSA) is 53.8 Å². The molecule has 0 radical (unpaired) electrons. The van der Waals surface area contributed by atoms with Gasteiger partial charge in [-0.3, -0.25) is 9.59 Å².